The Morgan fingerprint density at radius 3 is 2.53 bits per heavy atom. The van der Waals surface area contributed by atoms with Gasteiger partial charge in [-0.05, 0) is 60.9 Å². The van der Waals surface area contributed by atoms with Crippen molar-refractivity contribution in [2.24, 2.45) is 0 Å². The fraction of sp³-hybridized carbons (Fsp3) is 0.192. The molecule has 0 atom stereocenters. The Hall–Kier alpha value is -4.34. The predicted octanol–water partition coefficient (Wildman–Crippen LogP) is 4.53. The van der Waals surface area contributed by atoms with Gasteiger partial charge >= 0.3 is 6.29 Å². The number of halogens is 3. The first-order chi connectivity index (χ1) is 17.1. The molecule has 1 fully saturated rings. The molecule has 0 bridgehead atoms. The molecular formula is C26H17F3N2O5. The lowest BCUT2D eigenvalue weighted by Crippen LogP contribution is -2.32. The van der Waals surface area contributed by atoms with E-state index in [4.69, 9.17) is 0 Å². The molecule has 2 aliphatic rings. The minimum atomic E-state index is -3.77. The Morgan fingerprint density at radius 1 is 1.00 bits per heavy atom. The number of fused-ring (bicyclic) bond motifs is 2. The molecule has 0 amide bonds. The van der Waals surface area contributed by atoms with Crippen molar-refractivity contribution in [3.63, 3.8) is 0 Å². The highest BCUT2D eigenvalue weighted by molar-refractivity contribution is 5.96. The standard InChI is InChI=1S/C26H17F3N2O5/c27-16-3-1-2-14(10-16)23-18-6-5-17(32)12-19(18)24(34)31(30-23)13-22(33)25(8-9-25)15-4-7-20-21(11-15)36-26(28,29)35-20/h1-7,10-12,32H,8-9,13H2. The first-order valence-corrected chi connectivity index (χ1v) is 11.1. The molecule has 7 nitrogen and oxygen atoms in total. The molecule has 2 heterocycles. The Labute approximate surface area is 201 Å². The van der Waals surface area contributed by atoms with E-state index in [9.17, 15) is 27.9 Å². The van der Waals surface area contributed by atoms with Crippen molar-refractivity contribution in [3.8, 4) is 28.5 Å². The summed E-state index contributed by atoms with van der Waals surface area (Å²) in [5, 5.41) is 14.9. The number of rotatable bonds is 5. The van der Waals surface area contributed by atoms with Crippen LogP contribution in [0.1, 0.15) is 18.4 Å². The number of ether oxygens (including phenoxy) is 2. The Morgan fingerprint density at radius 2 is 1.78 bits per heavy atom. The number of benzene rings is 3. The number of phenols is 1. The van der Waals surface area contributed by atoms with E-state index in [-0.39, 0.29) is 34.1 Å². The van der Waals surface area contributed by atoms with Crippen molar-refractivity contribution < 1.29 is 32.5 Å². The number of hydrogen-bond donors (Lipinski definition) is 1. The van der Waals surface area contributed by atoms with E-state index >= 15 is 0 Å². The molecule has 10 heteroatoms. The number of phenolic OH excluding ortho intramolecular Hbond substituents is 1. The summed E-state index contributed by atoms with van der Waals surface area (Å²) in [7, 11) is 0. The Balaban J connectivity index is 1.40. The third-order valence-corrected chi connectivity index (χ3v) is 6.57. The van der Waals surface area contributed by atoms with Crippen LogP contribution in [0.3, 0.4) is 0 Å². The van der Waals surface area contributed by atoms with Crippen LogP contribution in [0, 0.1) is 5.82 Å². The number of hydrogen-bond acceptors (Lipinski definition) is 6. The van der Waals surface area contributed by atoms with Gasteiger partial charge in [0.2, 0.25) is 0 Å². The van der Waals surface area contributed by atoms with Gasteiger partial charge in [0.05, 0.1) is 16.5 Å². The molecule has 1 aliphatic carbocycles. The predicted molar refractivity (Wildman–Crippen MR) is 122 cm³/mol. The normalized spacial score (nSPS) is 16.8. The molecule has 6 rings (SSSR count). The first-order valence-electron chi connectivity index (χ1n) is 11.1. The maximum absolute atomic E-state index is 13.9. The van der Waals surface area contributed by atoms with Crippen molar-refractivity contribution in [2.45, 2.75) is 31.1 Å². The highest BCUT2D eigenvalue weighted by atomic mass is 19.3. The van der Waals surface area contributed by atoms with Crippen LogP contribution in [0.25, 0.3) is 22.0 Å². The van der Waals surface area contributed by atoms with Crippen LogP contribution < -0.4 is 15.0 Å². The number of Topliss-reactive ketones (excluding diaryl/α,β-unsaturated/α-hetero) is 1. The molecule has 0 spiro atoms. The van der Waals surface area contributed by atoms with Gasteiger partial charge in [-0.3, -0.25) is 9.59 Å². The molecule has 3 aromatic carbocycles. The van der Waals surface area contributed by atoms with Gasteiger partial charge < -0.3 is 14.6 Å². The smallest absolute Gasteiger partial charge is 0.508 e. The second-order valence-corrected chi connectivity index (χ2v) is 8.89. The number of ketones is 1. The quantitative estimate of drug-likeness (QED) is 0.439. The van der Waals surface area contributed by atoms with Gasteiger partial charge in [0, 0.05) is 10.9 Å². The summed E-state index contributed by atoms with van der Waals surface area (Å²) < 4.78 is 50.7. The van der Waals surface area contributed by atoms with Crippen molar-refractivity contribution in [3.05, 3.63) is 82.4 Å². The maximum atomic E-state index is 13.9. The molecule has 0 radical (unpaired) electrons. The van der Waals surface area contributed by atoms with Gasteiger partial charge in [-0.1, -0.05) is 18.2 Å². The van der Waals surface area contributed by atoms with Gasteiger partial charge in [0.25, 0.3) is 5.56 Å². The van der Waals surface area contributed by atoms with Gasteiger partial charge in [0.1, 0.15) is 18.1 Å². The van der Waals surface area contributed by atoms with E-state index in [1.54, 1.807) is 6.07 Å². The summed E-state index contributed by atoms with van der Waals surface area (Å²) in [6, 6.07) is 14.0. The van der Waals surface area contributed by atoms with Crippen molar-refractivity contribution in [1.29, 1.82) is 0 Å². The zero-order valence-electron chi connectivity index (χ0n) is 18.5. The van der Waals surface area contributed by atoms with E-state index < -0.39 is 29.6 Å². The molecule has 0 unspecified atom stereocenters. The highest BCUT2D eigenvalue weighted by Crippen LogP contribution is 2.52. The van der Waals surface area contributed by atoms with E-state index in [0.717, 1.165) is 4.68 Å². The lowest BCUT2D eigenvalue weighted by atomic mass is 9.91. The fourth-order valence-corrected chi connectivity index (χ4v) is 4.62. The second kappa shape index (κ2) is 7.58. The molecule has 36 heavy (non-hydrogen) atoms. The monoisotopic (exact) mass is 494 g/mol. The maximum Gasteiger partial charge on any atom is 0.586 e. The molecular weight excluding hydrogens is 477 g/mol. The third-order valence-electron chi connectivity index (χ3n) is 6.57. The number of alkyl halides is 2. The van der Waals surface area contributed by atoms with E-state index in [2.05, 4.69) is 14.6 Å². The zero-order chi connectivity index (χ0) is 25.2. The van der Waals surface area contributed by atoms with Gasteiger partial charge in [-0.2, -0.15) is 5.10 Å². The number of aromatic hydroxyl groups is 1. The zero-order valence-corrected chi connectivity index (χ0v) is 18.5. The number of nitrogens with zero attached hydrogens (tertiary/aromatic N) is 2. The Kier molecular flexibility index (Phi) is 4.66. The van der Waals surface area contributed by atoms with Crippen molar-refractivity contribution in [2.75, 3.05) is 0 Å². The van der Waals surface area contributed by atoms with Crippen LogP contribution in [0.4, 0.5) is 13.2 Å². The van der Waals surface area contributed by atoms with Crippen molar-refractivity contribution in [1.82, 2.24) is 9.78 Å². The van der Waals surface area contributed by atoms with Crippen LogP contribution >= 0.6 is 0 Å². The largest absolute Gasteiger partial charge is 0.586 e. The van der Waals surface area contributed by atoms with E-state index in [1.807, 2.05) is 0 Å². The highest BCUT2D eigenvalue weighted by Gasteiger charge is 2.52. The van der Waals surface area contributed by atoms with Gasteiger partial charge in [-0.25, -0.2) is 9.07 Å². The molecule has 0 saturated heterocycles. The van der Waals surface area contributed by atoms with Crippen molar-refractivity contribution >= 4 is 16.6 Å². The number of carbonyl (C=O) groups excluding carboxylic acids is 1. The summed E-state index contributed by atoms with van der Waals surface area (Å²) in [6.07, 6.45) is -2.85. The molecule has 4 aromatic rings. The number of aromatic nitrogens is 2. The SMILES string of the molecule is O=C(Cn1nc(-c2cccc(F)c2)c2ccc(O)cc2c1=O)C1(c2ccc3c(c2)OC(F)(F)O3)CC1. The summed E-state index contributed by atoms with van der Waals surface area (Å²) in [4.78, 5) is 26.7. The summed E-state index contributed by atoms with van der Waals surface area (Å²) >= 11 is 0. The lowest BCUT2D eigenvalue weighted by Gasteiger charge is -2.17. The molecule has 1 aromatic heterocycles. The lowest BCUT2D eigenvalue weighted by molar-refractivity contribution is -0.286. The summed E-state index contributed by atoms with van der Waals surface area (Å²) in [5.74, 6) is -1.28. The van der Waals surface area contributed by atoms with Crippen LogP contribution in [0.5, 0.6) is 17.2 Å². The molecule has 1 aliphatic heterocycles. The first kappa shape index (κ1) is 22.1. The third kappa shape index (κ3) is 3.57. The summed E-state index contributed by atoms with van der Waals surface area (Å²) in [6.45, 7) is -0.405. The van der Waals surface area contributed by atoms with Gasteiger partial charge in [-0.15, -0.1) is 8.78 Å². The van der Waals surface area contributed by atoms with Crippen LogP contribution in [0.2, 0.25) is 0 Å². The number of carbonyl (C=O) groups is 1. The topological polar surface area (TPSA) is 90.7 Å². The minimum absolute atomic E-state index is 0.118. The van der Waals surface area contributed by atoms with E-state index in [1.165, 1.54) is 54.6 Å². The van der Waals surface area contributed by atoms with E-state index in [0.29, 0.717) is 29.4 Å². The molecule has 182 valence electrons. The summed E-state index contributed by atoms with van der Waals surface area (Å²) in [5.41, 5.74) is -0.443. The van der Waals surface area contributed by atoms with Crippen LogP contribution in [-0.2, 0) is 16.8 Å². The second-order valence-electron chi connectivity index (χ2n) is 8.89. The average molecular weight is 494 g/mol. The van der Waals surface area contributed by atoms with Gasteiger partial charge in [0.15, 0.2) is 17.3 Å². The van der Waals surface area contributed by atoms with Crippen LogP contribution in [-0.4, -0.2) is 27.0 Å². The molecule has 1 saturated carbocycles. The average Bonchev–Trinajstić information content (AvgIpc) is 3.58. The minimum Gasteiger partial charge on any atom is -0.508 e. The fourth-order valence-electron chi connectivity index (χ4n) is 4.62. The van der Waals surface area contributed by atoms with Crippen LogP contribution in [0.15, 0.2) is 65.5 Å². The Bertz CT molecular complexity index is 1630. The molecule has 1 N–H and O–H groups in total.